The highest BCUT2D eigenvalue weighted by molar-refractivity contribution is 7.26. The van der Waals surface area contributed by atoms with Crippen LogP contribution in [0, 0.1) is 27.4 Å². The van der Waals surface area contributed by atoms with Crippen LogP contribution < -0.4 is 10.8 Å². The molecule has 0 N–H and O–H groups in total. The zero-order valence-corrected chi connectivity index (χ0v) is 13.8. The van der Waals surface area contributed by atoms with Crippen LogP contribution in [0.5, 0.6) is 0 Å². The van der Waals surface area contributed by atoms with Gasteiger partial charge in [-0.15, -0.1) is 22.7 Å². The van der Waals surface area contributed by atoms with Crippen LogP contribution in [0.4, 0.5) is 0 Å². The average Bonchev–Trinajstić information content (AvgIpc) is 2.57. The van der Waals surface area contributed by atoms with Crippen LogP contribution in [0.1, 0.15) is 5.56 Å². The summed E-state index contributed by atoms with van der Waals surface area (Å²) in [5.41, 5.74) is 1.18. The first-order valence-electron chi connectivity index (χ1n) is 7.01. The van der Waals surface area contributed by atoms with Gasteiger partial charge in [0.05, 0.1) is 9.06 Å². The van der Waals surface area contributed by atoms with E-state index >= 15 is 0 Å². The van der Waals surface area contributed by atoms with Crippen molar-refractivity contribution in [3.8, 4) is 6.19 Å². The van der Waals surface area contributed by atoms with Crippen molar-refractivity contribution >= 4 is 42.8 Å². The van der Waals surface area contributed by atoms with Crippen LogP contribution in [-0.4, -0.2) is 0 Å². The number of benzene rings is 2. The molecule has 0 atom stereocenters. The van der Waals surface area contributed by atoms with E-state index in [2.05, 4.69) is 11.1 Å². The van der Waals surface area contributed by atoms with Gasteiger partial charge in [0.15, 0.2) is 0 Å². The fraction of sp³-hybridized carbons (Fsp3) is 0.0556. The summed E-state index contributed by atoms with van der Waals surface area (Å²) >= 11 is 3.00. The molecular formula is C18H10N2OS2. The monoisotopic (exact) mass is 334 g/mol. The van der Waals surface area contributed by atoms with Crippen molar-refractivity contribution in [1.82, 2.24) is 0 Å². The van der Waals surface area contributed by atoms with Crippen LogP contribution in [0.25, 0.3) is 20.2 Å². The van der Waals surface area contributed by atoms with Gasteiger partial charge in [-0.3, -0.25) is 4.79 Å². The van der Waals surface area contributed by atoms with Crippen molar-refractivity contribution in [3.05, 3.63) is 72.7 Å². The topological polar surface area (TPSA) is 53.2 Å². The molecule has 0 saturated heterocycles. The van der Waals surface area contributed by atoms with E-state index in [1.165, 1.54) is 28.2 Å². The van der Waals surface area contributed by atoms with Crippen molar-refractivity contribution in [3.63, 3.8) is 0 Å². The normalized spacial score (nSPS) is 12.1. The Kier molecular flexibility index (Phi) is 3.22. The van der Waals surface area contributed by atoms with Crippen molar-refractivity contribution in [2.24, 2.45) is 4.99 Å². The van der Waals surface area contributed by atoms with E-state index in [-0.39, 0.29) is 5.43 Å². The van der Waals surface area contributed by atoms with Crippen LogP contribution in [0.15, 0.2) is 52.3 Å². The molecule has 2 aromatic carbocycles. The van der Waals surface area contributed by atoms with Crippen molar-refractivity contribution in [2.75, 3.05) is 0 Å². The lowest BCUT2D eigenvalue weighted by atomic mass is 10.1. The molecule has 110 valence electrons. The molecule has 0 fully saturated rings. The minimum atomic E-state index is 0.0104. The smallest absolute Gasteiger partial charge is 0.206 e. The van der Waals surface area contributed by atoms with Crippen molar-refractivity contribution < 1.29 is 0 Å². The van der Waals surface area contributed by atoms with Gasteiger partial charge >= 0.3 is 0 Å². The highest BCUT2D eigenvalue weighted by Crippen LogP contribution is 2.25. The maximum Gasteiger partial charge on any atom is 0.206 e. The standard InChI is InChI=1S/C18H10N2OS2/c1-10-6-7-13-14(8-10)23-17-15(20-9-19)11-4-2-3-5-12(11)16(21)18(17)22-13/h2-8H,1H3. The van der Waals surface area contributed by atoms with Gasteiger partial charge in [-0.05, 0) is 24.6 Å². The fourth-order valence-corrected chi connectivity index (χ4v) is 5.17. The second kappa shape index (κ2) is 5.27. The van der Waals surface area contributed by atoms with Gasteiger partial charge < -0.3 is 0 Å². The summed E-state index contributed by atoms with van der Waals surface area (Å²) in [4.78, 5) is 16.9. The van der Waals surface area contributed by atoms with E-state index in [4.69, 9.17) is 5.26 Å². The SMILES string of the molecule is Cc1ccc2sc3c(=O)c4ccccc4c(=NC#N)c=3sc2c1. The molecule has 0 radical (unpaired) electrons. The number of hydrogen-bond acceptors (Lipinski definition) is 5. The molecule has 3 nitrogen and oxygen atoms in total. The second-order valence-corrected chi connectivity index (χ2v) is 7.35. The summed E-state index contributed by atoms with van der Waals surface area (Å²) in [6.07, 6.45) is 1.88. The predicted octanol–water partition coefficient (Wildman–Crippen LogP) is 3.89. The number of fused-ring (bicyclic) bond motifs is 2. The molecule has 5 heteroatoms. The summed E-state index contributed by atoms with van der Waals surface area (Å²) < 4.78 is 3.63. The zero-order valence-electron chi connectivity index (χ0n) is 12.2. The minimum Gasteiger partial charge on any atom is -0.288 e. The fourth-order valence-electron chi connectivity index (χ4n) is 2.69. The Balaban J connectivity index is 2.43. The summed E-state index contributed by atoms with van der Waals surface area (Å²) in [6.45, 7) is 2.04. The molecule has 2 aliphatic rings. The highest BCUT2D eigenvalue weighted by Gasteiger charge is 2.09. The Morgan fingerprint density at radius 3 is 2.52 bits per heavy atom. The van der Waals surface area contributed by atoms with E-state index in [1.807, 2.05) is 43.4 Å². The summed E-state index contributed by atoms with van der Waals surface area (Å²) in [7, 11) is 0. The van der Waals surface area contributed by atoms with Gasteiger partial charge in [0.1, 0.15) is 5.36 Å². The Labute approximate surface area is 139 Å². The lowest BCUT2D eigenvalue weighted by molar-refractivity contribution is 1.33. The van der Waals surface area contributed by atoms with Gasteiger partial charge in [-0.2, -0.15) is 10.3 Å². The number of aryl methyl sites for hydroxylation is 1. The maximum absolute atomic E-state index is 12.8. The Bertz CT molecular complexity index is 1310. The number of nitrogens with zero attached hydrogens (tertiary/aromatic N) is 2. The van der Waals surface area contributed by atoms with Crippen molar-refractivity contribution in [1.29, 1.82) is 5.26 Å². The molecule has 23 heavy (non-hydrogen) atoms. The summed E-state index contributed by atoms with van der Waals surface area (Å²) in [5, 5.41) is 11.0. The van der Waals surface area contributed by atoms with E-state index < -0.39 is 0 Å². The molecule has 0 bridgehead atoms. The van der Waals surface area contributed by atoms with Gasteiger partial charge in [0, 0.05) is 20.2 Å². The quantitative estimate of drug-likeness (QED) is 0.458. The first kappa shape index (κ1) is 14.1. The number of nitriles is 1. The molecule has 0 spiro atoms. The van der Waals surface area contributed by atoms with E-state index in [1.54, 1.807) is 6.07 Å². The third-order valence-corrected chi connectivity index (χ3v) is 6.33. The van der Waals surface area contributed by atoms with E-state index in [9.17, 15) is 4.79 Å². The maximum atomic E-state index is 12.8. The molecule has 1 heterocycles. The lowest BCUT2D eigenvalue weighted by Crippen LogP contribution is -2.14. The van der Waals surface area contributed by atoms with Crippen LogP contribution in [-0.2, 0) is 0 Å². The molecule has 0 unspecified atom stereocenters. The minimum absolute atomic E-state index is 0.0104. The van der Waals surface area contributed by atoms with Gasteiger partial charge in [0.2, 0.25) is 11.6 Å². The van der Waals surface area contributed by atoms with Crippen LogP contribution in [0.2, 0.25) is 0 Å². The van der Waals surface area contributed by atoms with E-state index in [0.717, 1.165) is 19.3 Å². The van der Waals surface area contributed by atoms with Gasteiger partial charge in [0.25, 0.3) is 0 Å². The second-order valence-electron chi connectivity index (χ2n) is 5.25. The molecule has 2 aromatic rings. The highest BCUT2D eigenvalue weighted by atomic mass is 32.1. The van der Waals surface area contributed by atoms with Crippen LogP contribution >= 0.6 is 22.7 Å². The summed E-state index contributed by atoms with van der Waals surface area (Å²) in [6, 6.07) is 13.5. The Morgan fingerprint density at radius 2 is 1.74 bits per heavy atom. The molecule has 0 saturated carbocycles. The van der Waals surface area contributed by atoms with Gasteiger partial charge in [-0.1, -0.05) is 30.3 Å². The zero-order chi connectivity index (χ0) is 16.0. The van der Waals surface area contributed by atoms with Gasteiger partial charge in [-0.25, -0.2) is 0 Å². The predicted molar refractivity (Wildman–Crippen MR) is 94.7 cm³/mol. The first-order valence-corrected chi connectivity index (χ1v) is 8.64. The van der Waals surface area contributed by atoms with Crippen molar-refractivity contribution in [2.45, 2.75) is 6.92 Å². The first-order chi connectivity index (χ1) is 11.2. The molecule has 1 aliphatic carbocycles. The average molecular weight is 334 g/mol. The third-order valence-electron chi connectivity index (χ3n) is 3.74. The molecule has 1 aliphatic heterocycles. The largest absolute Gasteiger partial charge is 0.288 e. The van der Waals surface area contributed by atoms with E-state index in [0.29, 0.717) is 15.3 Å². The molecular weight excluding hydrogens is 324 g/mol. The Morgan fingerprint density at radius 1 is 1.00 bits per heavy atom. The summed E-state index contributed by atoms with van der Waals surface area (Å²) in [5.74, 6) is 0. The number of rotatable bonds is 0. The molecule has 0 amide bonds. The third kappa shape index (κ3) is 2.15. The van der Waals surface area contributed by atoms with Crippen LogP contribution in [0.3, 0.4) is 0 Å². The lowest BCUT2D eigenvalue weighted by Gasteiger charge is -2.02. The Hall–Kier alpha value is -2.55. The number of hydrogen-bond donors (Lipinski definition) is 0. The molecule has 0 aromatic heterocycles. The molecule has 4 rings (SSSR count).